The number of rotatable bonds is 6. The largest absolute Gasteiger partial charge is 0.377 e. The molecule has 3 nitrogen and oxygen atoms in total. The molecule has 3 heteroatoms. The Labute approximate surface area is 128 Å². The molecule has 1 aliphatic carbocycles. The Morgan fingerprint density at radius 1 is 1.19 bits per heavy atom. The van der Waals surface area contributed by atoms with Crippen LogP contribution < -0.4 is 5.32 Å². The van der Waals surface area contributed by atoms with Gasteiger partial charge in [-0.3, -0.25) is 4.90 Å². The lowest BCUT2D eigenvalue weighted by atomic mass is 9.79. The topological polar surface area (TPSA) is 24.5 Å². The maximum absolute atomic E-state index is 5.69. The lowest BCUT2D eigenvalue weighted by molar-refractivity contribution is -0.0717. The molecule has 0 bridgehead atoms. The molecule has 0 radical (unpaired) electrons. The van der Waals surface area contributed by atoms with Crippen molar-refractivity contribution < 1.29 is 4.74 Å². The smallest absolute Gasteiger partial charge is 0.0802 e. The second kappa shape index (κ2) is 6.91. The average Bonchev–Trinajstić information content (AvgIpc) is 2.49. The molecule has 2 aliphatic rings. The maximum Gasteiger partial charge on any atom is 0.0802 e. The minimum atomic E-state index is 0.154. The van der Waals surface area contributed by atoms with Gasteiger partial charge in [0.2, 0.25) is 0 Å². The predicted octanol–water partition coefficient (Wildman–Crippen LogP) is 2.81. The van der Waals surface area contributed by atoms with Gasteiger partial charge in [-0.05, 0) is 50.8 Å². The van der Waals surface area contributed by atoms with Gasteiger partial charge in [0, 0.05) is 26.2 Å². The lowest BCUT2D eigenvalue weighted by Crippen LogP contribution is -2.52. The van der Waals surface area contributed by atoms with E-state index in [9.17, 15) is 0 Å². The van der Waals surface area contributed by atoms with Gasteiger partial charge >= 0.3 is 0 Å². The number of hydrogen-bond donors (Lipinski definition) is 1. The van der Waals surface area contributed by atoms with Crippen LogP contribution in [-0.4, -0.2) is 43.3 Å². The van der Waals surface area contributed by atoms with Crippen LogP contribution >= 0.6 is 0 Å². The molecule has 1 saturated heterocycles. The van der Waals surface area contributed by atoms with Gasteiger partial charge in [-0.25, -0.2) is 0 Å². The molecule has 0 unspecified atom stereocenters. The first-order chi connectivity index (χ1) is 10.3. The highest BCUT2D eigenvalue weighted by molar-refractivity contribution is 5.14. The molecule has 0 spiro atoms. The molecule has 1 saturated carbocycles. The number of benzene rings is 1. The van der Waals surface area contributed by atoms with E-state index in [1.165, 1.54) is 50.8 Å². The summed E-state index contributed by atoms with van der Waals surface area (Å²) < 4.78 is 5.69. The summed E-state index contributed by atoms with van der Waals surface area (Å²) in [6.45, 7) is 4.53. The van der Waals surface area contributed by atoms with Gasteiger partial charge in [-0.2, -0.15) is 0 Å². The quantitative estimate of drug-likeness (QED) is 0.871. The van der Waals surface area contributed by atoms with Crippen molar-refractivity contribution in [3.8, 4) is 0 Å². The normalized spacial score (nSPS) is 22.9. The zero-order valence-corrected chi connectivity index (χ0v) is 13.2. The minimum Gasteiger partial charge on any atom is -0.377 e. The highest BCUT2D eigenvalue weighted by Gasteiger charge is 2.37. The first kappa shape index (κ1) is 15.0. The molecule has 2 fully saturated rings. The number of methoxy groups -OCH3 is 1. The molecule has 0 atom stereocenters. The Balaban J connectivity index is 1.39. The van der Waals surface area contributed by atoms with Gasteiger partial charge in [0.05, 0.1) is 5.60 Å². The van der Waals surface area contributed by atoms with Crippen molar-refractivity contribution in [2.45, 2.75) is 50.3 Å². The van der Waals surface area contributed by atoms with Crippen molar-refractivity contribution in [2.24, 2.45) is 0 Å². The van der Waals surface area contributed by atoms with E-state index in [-0.39, 0.29) is 5.60 Å². The van der Waals surface area contributed by atoms with Crippen molar-refractivity contribution in [3.05, 3.63) is 35.9 Å². The Bertz CT molecular complexity index is 417. The monoisotopic (exact) mass is 288 g/mol. The Morgan fingerprint density at radius 2 is 1.90 bits per heavy atom. The third kappa shape index (κ3) is 3.85. The van der Waals surface area contributed by atoms with Crippen LogP contribution in [0.4, 0.5) is 0 Å². The van der Waals surface area contributed by atoms with E-state index in [0.29, 0.717) is 6.04 Å². The molecule has 116 valence electrons. The van der Waals surface area contributed by atoms with Crippen LogP contribution in [0.15, 0.2) is 30.3 Å². The Hall–Kier alpha value is -0.900. The molecule has 1 heterocycles. The van der Waals surface area contributed by atoms with Crippen LogP contribution in [0.3, 0.4) is 0 Å². The highest BCUT2D eigenvalue weighted by Crippen LogP contribution is 2.34. The first-order valence-corrected chi connectivity index (χ1v) is 8.34. The van der Waals surface area contributed by atoms with E-state index < -0.39 is 0 Å². The molecule has 1 N–H and O–H groups in total. The molecule has 0 aromatic heterocycles. The molecular formula is C18H28N2O. The van der Waals surface area contributed by atoms with Crippen molar-refractivity contribution >= 4 is 0 Å². The standard InChI is InChI=1S/C18H28N2O/c1-21-18(10-5-11-18)15-19-17-8-12-20(13-9-17)14-16-6-3-2-4-7-16/h2-4,6-7,17,19H,5,8-15H2,1H3. The summed E-state index contributed by atoms with van der Waals surface area (Å²) in [6, 6.07) is 11.5. The predicted molar refractivity (Wildman–Crippen MR) is 86.3 cm³/mol. The SMILES string of the molecule is COC1(CNC2CCN(Cc3ccccc3)CC2)CCC1. The highest BCUT2D eigenvalue weighted by atomic mass is 16.5. The summed E-state index contributed by atoms with van der Waals surface area (Å²) in [5, 5.41) is 3.75. The maximum atomic E-state index is 5.69. The van der Waals surface area contributed by atoms with Crippen LogP contribution in [0.1, 0.15) is 37.7 Å². The lowest BCUT2D eigenvalue weighted by Gasteiger charge is -2.42. The van der Waals surface area contributed by atoms with Gasteiger partial charge in [0.25, 0.3) is 0 Å². The fourth-order valence-electron chi connectivity index (χ4n) is 3.49. The Morgan fingerprint density at radius 3 is 2.48 bits per heavy atom. The third-order valence-corrected chi connectivity index (χ3v) is 5.25. The Kier molecular flexibility index (Phi) is 4.94. The zero-order valence-electron chi connectivity index (χ0n) is 13.2. The van der Waals surface area contributed by atoms with E-state index in [0.717, 1.165) is 13.1 Å². The third-order valence-electron chi connectivity index (χ3n) is 5.25. The number of nitrogens with one attached hydrogen (secondary N) is 1. The van der Waals surface area contributed by atoms with E-state index in [4.69, 9.17) is 4.74 Å². The van der Waals surface area contributed by atoms with Gasteiger partial charge < -0.3 is 10.1 Å². The molecule has 1 aromatic carbocycles. The van der Waals surface area contributed by atoms with Crippen LogP contribution in [0, 0.1) is 0 Å². The van der Waals surface area contributed by atoms with Crippen molar-refractivity contribution in [1.82, 2.24) is 10.2 Å². The molecule has 1 aliphatic heterocycles. The number of nitrogens with zero attached hydrogens (tertiary/aromatic N) is 1. The summed E-state index contributed by atoms with van der Waals surface area (Å²) in [7, 11) is 1.86. The summed E-state index contributed by atoms with van der Waals surface area (Å²) in [6.07, 6.45) is 6.29. The molecule has 3 rings (SSSR count). The van der Waals surface area contributed by atoms with Gasteiger partial charge in [-0.15, -0.1) is 0 Å². The van der Waals surface area contributed by atoms with E-state index in [1.807, 2.05) is 7.11 Å². The van der Waals surface area contributed by atoms with E-state index in [1.54, 1.807) is 0 Å². The van der Waals surface area contributed by atoms with Crippen LogP contribution in [0.25, 0.3) is 0 Å². The second-order valence-electron chi connectivity index (χ2n) is 6.66. The van der Waals surface area contributed by atoms with Crippen molar-refractivity contribution in [2.75, 3.05) is 26.7 Å². The van der Waals surface area contributed by atoms with Crippen molar-refractivity contribution in [1.29, 1.82) is 0 Å². The number of likely N-dealkylation sites (tertiary alicyclic amines) is 1. The van der Waals surface area contributed by atoms with E-state index in [2.05, 4.69) is 40.5 Å². The minimum absolute atomic E-state index is 0.154. The fourth-order valence-corrected chi connectivity index (χ4v) is 3.49. The van der Waals surface area contributed by atoms with Crippen molar-refractivity contribution in [3.63, 3.8) is 0 Å². The van der Waals surface area contributed by atoms with Gasteiger partial charge in [0.15, 0.2) is 0 Å². The van der Waals surface area contributed by atoms with Crippen LogP contribution in [-0.2, 0) is 11.3 Å². The van der Waals surface area contributed by atoms with Crippen LogP contribution in [0.2, 0.25) is 0 Å². The number of hydrogen-bond acceptors (Lipinski definition) is 3. The second-order valence-corrected chi connectivity index (χ2v) is 6.66. The summed E-state index contributed by atoms with van der Waals surface area (Å²) in [5.41, 5.74) is 1.58. The fraction of sp³-hybridized carbons (Fsp3) is 0.667. The summed E-state index contributed by atoms with van der Waals surface area (Å²) in [5.74, 6) is 0. The number of piperidine rings is 1. The molecule has 0 amide bonds. The first-order valence-electron chi connectivity index (χ1n) is 8.34. The summed E-state index contributed by atoms with van der Waals surface area (Å²) >= 11 is 0. The molecule has 21 heavy (non-hydrogen) atoms. The molecule has 1 aromatic rings. The van der Waals surface area contributed by atoms with Gasteiger partial charge in [0.1, 0.15) is 0 Å². The van der Waals surface area contributed by atoms with Gasteiger partial charge in [-0.1, -0.05) is 30.3 Å². The zero-order chi connectivity index (χ0) is 14.5. The molecular weight excluding hydrogens is 260 g/mol. The average molecular weight is 288 g/mol. The van der Waals surface area contributed by atoms with Crippen LogP contribution in [0.5, 0.6) is 0 Å². The number of ether oxygens (including phenoxy) is 1. The summed E-state index contributed by atoms with van der Waals surface area (Å²) in [4.78, 5) is 2.57. The van der Waals surface area contributed by atoms with E-state index >= 15 is 0 Å².